The molecule has 0 saturated carbocycles. The van der Waals surface area contributed by atoms with E-state index in [-0.39, 0.29) is 6.04 Å². The number of rotatable bonds is 4. The smallest absolute Gasteiger partial charge is 0.0847 e. The summed E-state index contributed by atoms with van der Waals surface area (Å²) in [5.41, 5.74) is 4.75. The molecule has 0 fully saturated rings. The summed E-state index contributed by atoms with van der Waals surface area (Å²) >= 11 is 9.83. The van der Waals surface area contributed by atoms with Gasteiger partial charge in [0, 0.05) is 27.7 Å². The van der Waals surface area contributed by atoms with E-state index in [0.29, 0.717) is 0 Å². The molecule has 0 amide bonds. The molecule has 1 atom stereocenters. The standard InChI is InChI=1S/C13H15ClN4S2/c1-7-13(14)9(18(2)17-7)5-8(16-15)11-6-12-10(20-11)3-4-19-12/h3-4,6,8,16H,5,15H2,1-2H3. The van der Waals surface area contributed by atoms with Gasteiger partial charge in [0.05, 0.1) is 22.5 Å². The largest absolute Gasteiger partial charge is 0.271 e. The third-order valence-corrected chi connectivity index (χ3v) is 6.06. The van der Waals surface area contributed by atoms with Gasteiger partial charge in [0.1, 0.15) is 0 Å². The lowest BCUT2D eigenvalue weighted by molar-refractivity contribution is 0.537. The summed E-state index contributed by atoms with van der Waals surface area (Å²) in [6, 6.07) is 4.39. The van der Waals surface area contributed by atoms with Crippen molar-refractivity contribution in [3.8, 4) is 0 Å². The molecule has 3 heterocycles. The summed E-state index contributed by atoms with van der Waals surface area (Å²) < 4.78 is 4.44. The first-order valence-electron chi connectivity index (χ1n) is 6.21. The third-order valence-electron chi connectivity index (χ3n) is 3.36. The fourth-order valence-corrected chi connectivity index (χ4v) is 4.71. The Morgan fingerprint density at radius 1 is 1.50 bits per heavy atom. The summed E-state index contributed by atoms with van der Waals surface area (Å²) in [5.74, 6) is 5.74. The lowest BCUT2D eigenvalue weighted by Gasteiger charge is -2.14. The van der Waals surface area contributed by atoms with E-state index < -0.39 is 0 Å². The number of nitrogens with one attached hydrogen (secondary N) is 1. The number of aryl methyl sites for hydroxylation is 2. The number of fused-ring (bicyclic) bond motifs is 1. The van der Waals surface area contributed by atoms with Gasteiger partial charge in [0.15, 0.2) is 0 Å². The highest BCUT2D eigenvalue weighted by molar-refractivity contribution is 7.26. The number of nitrogens with zero attached hydrogens (tertiary/aromatic N) is 2. The van der Waals surface area contributed by atoms with E-state index in [1.807, 2.05) is 18.7 Å². The van der Waals surface area contributed by atoms with E-state index in [1.54, 1.807) is 22.7 Å². The van der Waals surface area contributed by atoms with Crippen molar-refractivity contribution >= 4 is 43.7 Å². The molecule has 3 N–H and O–H groups in total. The van der Waals surface area contributed by atoms with Crippen molar-refractivity contribution in [3.63, 3.8) is 0 Å². The van der Waals surface area contributed by atoms with E-state index in [2.05, 4.69) is 28.0 Å². The van der Waals surface area contributed by atoms with Crippen LogP contribution in [0, 0.1) is 6.92 Å². The molecule has 0 aromatic carbocycles. The minimum atomic E-state index is 0.0481. The molecule has 106 valence electrons. The number of halogens is 1. The van der Waals surface area contributed by atoms with Gasteiger partial charge in [-0.2, -0.15) is 5.10 Å². The average molecular weight is 327 g/mol. The van der Waals surface area contributed by atoms with Gasteiger partial charge in [-0.15, -0.1) is 22.7 Å². The van der Waals surface area contributed by atoms with Gasteiger partial charge < -0.3 is 0 Å². The zero-order chi connectivity index (χ0) is 14.3. The molecule has 3 rings (SSSR count). The van der Waals surface area contributed by atoms with Gasteiger partial charge in [0.25, 0.3) is 0 Å². The van der Waals surface area contributed by atoms with Crippen LogP contribution in [0.25, 0.3) is 9.40 Å². The molecule has 3 aromatic heterocycles. The molecular formula is C13H15ClN4S2. The molecule has 0 radical (unpaired) electrons. The Bertz CT molecular complexity index is 714. The molecule has 0 saturated heterocycles. The second-order valence-corrected chi connectivity index (χ2v) is 7.13. The van der Waals surface area contributed by atoms with E-state index in [9.17, 15) is 0 Å². The highest BCUT2D eigenvalue weighted by atomic mass is 35.5. The average Bonchev–Trinajstić information content (AvgIpc) is 3.04. The van der Waals surface area contributed by atoms with Gasteiger partial charge in [-0.1, -0.05) is 11.6 Å². The van der Waals surface area contributed by atoms with Crippen molar-refractivity contribution in [3.05, 3.63) is 38.8 Å². The maximum atomic E-state index is 6.31. The number of hydrogen-bond acceptors (Lipinski definition) is 5. The number of hydrogen-bond donors (Lipinski definition) is 2. The van der Waals surface area contributed by atoms with Crippen LogP contribution in [-0.2, 0) is 13.5 Å². The van der Waals surface area contributed by atoms with Gasteiger partial charge in [0.2, 0.25) is 0 Å². The van der Waals surface area contributed by atoms with Crippen LogP contribution in [0.2, 0.25) is 5.02 Å². The lowest BCUT2D eigenvalue weighted by atomic mass is 10.1. The molecule has 3 aromatic rings. The van der Waals surface area contributed by atoms with Crippen LogP contribution in [0.3, 0.4) is 0 Å². The van der Waals surface area contributed by atoms with Gasteiger partial charge in [-0.05, 0) is 24.4 Å². The van der Waals surface area contributed by atoms with Gasteiger partial charge in [-0.3, -0.25) is 16.0 Å². The van der Waals surface area contributed by atoms with Crippen molar-refractivity contribution in [2.45, 2.75) is 19.4 Å². The molecule has 0 aliphatic carbocycles. The highest BCUT2D eigenvalue weighted by Crippen LogP contribution is 2.35. The summed E-state index contributed by atoms with van der Waals surface area (Å²) in [6.45, 7) is 1.91. The van der Waals surface area contributed by atoms with Crippen LogP contribution in [0.4, 0.5) is 0 Å². The van der Waals surface area contributed by atoms with Crippen LogP contribution >= 0.6 is 34.3 Å². The topological polar surface area (TPSA) is 55.9 Å². The minimum Gasteiger partial charge on any atom is -0.271 e. The second kappa shape index (κ2) is 5.46. The van der Waals surface area contributed by atoms with Crippen LogP contribution in [0.5, 0.6) is 0 Å². The van der Waals surface area contributed by atoms with Crippen molar-refractivity contribution in [1.82, 2.24) is 15.2 Å². The quantitative estimate of drug-likeness (QED) is 0.570. The number of hydrazine groups is 1. The van der Waals surface area contributed by atoms with Crippen LogP contribution in [0.1, 0.15) is 22.3 Å². The fourth-order valence-electron chi connectivity index (χ4n) is 2.29. The highest BCUT2D eigenvalue weighted by Gasteiger charge is 2.19. The summed E-state index contributed by atoms with van der Waals surface area (Å²) in [6.07, 6.45) is 0.723. The zero-order valence-corrected chi connectivity index (χ0v) is 13.6. The maximum absolute atomic E-state index is 6.31. The Morgan fingerprint density at radius 3 is 2.90 bits per heavy atom. The monoisotopic (exact) mass is 326 g/mol. The van der Waals surface area contributed by atoms with Crippen LogP contribution in [0.15, 0.2) is 17.5 Å². The van der Waals surface area contributed by atoms with Crippen LogP contribution < -0.4 is 11.3 Å². The Balaban J connectivity index is 1.92. The van der Waals surface area contributed by atoms with E-state index >= 15 is 0 Å². The first-order chi connectivity index (χ1) is 9.60. The van der Waals surface area contributed by atoms with E-state index in [0.717, 1.165) is 22.8 Å². The third kappa shape index (κ3) is 2.38. The summed E-state index contributed by atoms with van der Waals surface area (Å²) in [7, 11) is 1.91. The van der Waals surface area contributed by atoms with Gasteiger partial charge >= 0.3 is 0 Å². The van der Waals surface area contributed by atoms with Crippen molar-refractivity contribution in [2.75, 3.05) is 0 Å². The minimum absolute atomic E-state index is 0.0481. The second-order valence-electron chi connectivity index (χ2n) is 4.69. The molecule has 1 unspecified atom stereocenters. The van der Waals surface area contributed by atoms with Crippen molar-refractivity contribution in [1.29, 1.82) is 0 Å². The summed E-state index contributed by atoms with van der Waals surface area (Å²) in [5, 5.41) is 7.18. The molecular weight excluding hydrogens is 312 g/mol. The van der Waals surface area contributed by atoms with E-state index in [1.165, 1.54) is 14.3 Å². The Labute approximate surface area is 130 Å². The van der Waals surface area contributed by atoms with E-state index in [4.69, 9.17) is 17.4 Å². The molecule has 7 heteroatoms. The Morgan fingerprint density at radius 2 is 2.30 bits per heavy atom. The lowest BCUT2D eigenvalue weighted by Crippen LogP contribution is -2.29. The predicted octanol–water partition coefficient (Wildman–Crippen LogP) is 3.41. The zero-order valence-electron chi connectivity index (χ0n) is 11.2. The SMILES string of the molecule is Cc1nn(C)c(CC(NN)c2cc3sccc3s2)c1Cl. The molecule has 4 nitrogen and oxygen atoms in total. The molecule has 0 aliphatic heterocycles. The maximum Gasteiger partial charge on any atom is 0.0847 e. The number of thiophene rings is 2. The molecule has 0 spiro atoms. The first-order valence-corrected chi connectivity index (χ1v) is 8.28. The molecule has 0 bridgehead atoms. The Kier molecular flexibility index (Phi) is 3.83. The van der Waals surface area contributed by atoms with Crippen molar-refractivity contribution < 1.29 is 0 Å². The molecule has 20 heavy (non-hydrogen) atoms. The fraction of sp³-hybridized carbons (Fsp3) is 0.308. The normalized spacial score (nSPS) is 13.2. The number of nitrogens with two attached hydrogens (primary N) is 1. The predicted molar refractivity (Wildman–Crippen MR) is 86.4 cm³/mol. The molecule has 0 aliphatic rings. The van der Waals surface area contributed by atoms with Crippen molar-refractivity contribution in [2.24, 2.45) is 12.9 Å². The summed E-state index contributed by atoms with van der Waals surface area (Å²) in [4.78, 5) is 1.23. The Hall–Kier alpha value is -0.920. The van der Waals surface area contributed by atoms with Gasteiger partial charge in [-0.25, -0.2) is 0 Å². The van der Waals surface area contributed by atoms with Crippen LogP contribution in [-0.4, -0.2) is 9.78 Å². The number of aromatic nitrogens is 2. The first kappa shape index (κ1) is 14.0.